The minimum Gasteiger partial charge on any atom is -0.469 e. The molecule has 2 nitrogen and oxygen atoms in total. The largest absolute Gasteiger partial charge is 0.469 e. The molecular formula is C13H18O2. The fourth-order valence-corrected chi connectivity index (χ4v) is 1.57. The number of hydrogen-bond donors (Lipinski definition) is 0. The van der Waals surface area contributed by atoms with Gasteiger partial charge >= 0.3 is 5.97 Å². The van der Waals surface area contributed by atoms with Gasteiger partial charge in [-0.15, -0.1) is 0 Å². The van der Waals surface area contributed by atoms with Crippen molar-refractivity contribution in [2.45, 2.75) is 32.6 Å². The molecule has 1 aromatic rings. The zero-order valence-corrected chi connectivity index (χ0v) is 9.62. The van der Waals surface area contributed by atoms with Crippen molar-refractivity contribution in [2.75, 3.05) is 7.11 Å². The minimum atomic E-state index is -0.182. The smallest absolute Gasteiger partial charge is 0.312 e. The Morgan fingerprint density at radius 3 is 2.40 bits per heavy atom. The zero-order valence-electron chi connectivity index (χ0n) is 9.62. The van der Waals surface area contributed by atoms with Gasteiger partial charge in [0, 0.05) is 0 Å². The van der Waals surface area contributed by atoms with E-state index in [2.05, 4.69) is 19.1 Å². The lowest BCUT2D eigenvalue weighted by Gasteiger charge is -2.09. The lowest BCUT2D eigenvalue weighted by atomic mass is 9.99. The fourth-order valence-electron chi connectivity index (χ4n) is 1.57. The molecule has 0 saturated heterocycles. The first-order chi connectivity index (χ1) is 7.19. The Morgan fingerprint density at radius 1 is 1.33 bits per heavy atom. The summed E-state index contributed by atoms with van der Waals surface area (Å²) in [7, 11) is 1.42. The van der Waals surface area contributed by atoms with Crippen molar-refractivity contribution in [2.24, 2.45) is 0 Å². The molecule has 15 heavy (non-hydrogen) atoms. The highest BCUT2D eigenvalue weighted by molar-refractivity contribution is 5.77. The summed E-state index contributed by atoms with van der Waals surface area (Å²) in [4.78, 5) is 11.3. The monoisotopic (exact) mass is 206 g/mol. The number of esters is 1. The summed E-state index contributed by atoms with van der Waals surface area (Å²) in [5.41, 5.74) is 2.33. The fraction of sp³-hybridized carbons (Fsp3) is 0.462. The molecule has 0 bridgehead atoms. The van der Waals surface area contributed by atoms with Gasteiger partial charge in [0.2, 0.25) is 0 Å². The standard InChI is InChI=1S/C13H18O2/c1-4-5-11-6-8-12(9-7-11)10(2)13(14)15-3/h6-10H,4-5H2,1-3H3. The second-order valence-corrected chi connectivity index (χ2v) is 3.74. The van der Waals surface area contributed by atoms with Crippen LogP contribution in [0.15, 0.2) is 24.3 Å². The van der Waals surface area contributed by atoms with Gasteiger partial charge in [-0.2, -0.15) is 0 Å². The van der Waals surface area contributed by atoms with Crippen LogP contribution in [0.3, 0.4) is 0 Å². The van der Waals surface area contributed by atoms with Crippen LogP contribution in [0, 0.1) is 0 Å². The molecule has 1 rings (SSSR count). The predicted octanol–water partition coefficient (Wildman–Crippen LogP) is 2.92. The minimum absolute atomic E-state index is 0.175. The number of hydrogen-bond acceptors (Lipinski definition) is 2. The number of aryl methyl sites for hydroxylation is 1. The normalized spacial score (nSPS) is 12.2. The molecule has 0 aliphatic rings. The lowest BCUT2D eigenvalue weighted by Crippen LogP contribution is -2.10. The van der Waals surface area contributed by atoms with Gasteiger partial charge in [-0.1, -0.05) is 37.6 Å². The van der Waals surface area contributed by atoms with Gasteiger partial charge in [0.05, 0.1) is 13.0 Å². The van der Waals surface area contributed by atoms with E-state index >= 15 is 0 Å². The first-order valence-electron chi connectivity index (χ1n) is 5.35. The maximum absolute atomic E-state index is 11.3. The summed E-state index contributed by atoms with van der Waals surface area (Å²) < 4.78 is 4.71. The molecule has 1 unspecified atom stereocenters. The molecule has 0 aliphatic carbocycles. The maximum atomic E-state index is 11.3. The van der Waals surface area contributed by atoms with Crippen molar-refractivity contribution in [1.29, 1.82) is 0 Å². The van der Waals surface area contributed by atoms with Crippen molar-refractivity contribution >= 4 is 5.97 Å². The van der Waals surface area contributed by atoms with Crippen molar-refractivity contribution in [3.63, 3.8) is 0 Å². The number of benzene rings is 1. The maximum Gasteiger partial charge on any atom is 0.312 e. The average Bonchev–Trinajstić information content (AvgIpc) is 2.28. The van der Waals surface area contributed by atoms with E-state index in [1.165, 1.54) is 12.7 Å². The molecule has 1 aromatic carbocycles. The molecule has 0 aliphatic heterocycles. The van der Waals surface area contributed by atoms with Gasteiger partial charge in [0.15, 0.2) is 0 Å². The third-order valence-corrected chi connectivity index (χ3v) is 2.57. The van der Waals surface area contributed by atoms with Crippen LogP contribution in [-0.4, -0.2) is 13.1 Å². The highest BCUT2D eigenvalue weighted by Gasteiger charge is 2.14. The molecule has 0 spiro atoms. The van der Waals surface area contributed by atoms with Gasteiger partial charge in [-0.05, 0) is 24.5 Å². The molecule has 0 saturated carbocycles. The Bertz CT molecular complexity index is 314. The number of carbonyl (C=O) groups excluding carboxylic acids is 1. The molecule has 0 aromatic heterocycles. The van der Waals surface area contributed by atoms with Crippen LogP contribution >= 0.6 is 0 Å². The van der Waals surface area contributed by atoms with E-state index in [-0.39, 0.29) is 11.9 Å². The molecule has 82 valence electrons. The van der Waals surface area contributed by atoms with Crippen molar-refractivity contribution in [3.05, 3.63) is 35.4 Å². The Morgan fingerprint density at radius 2 is 1.93 bits per heavy atom. The van der Waals surface area contributed by atoms with Crippen molar-refractivity contribution in [1.82, 2.24) is 0 Å². The molecule has 0 amide bonds. The molecule has 2 heteroatoms. The average molecular weight is 206 g/mol. The quantitative estimate of drug-likeness (QED) is 0.708. The summed E-state index contributed by atoms with van der Waals surface area (Å²) in [6, 6.07) is 8.18. The van der Waals surface area contributed by atoms with Crippen LogP contribution in [0.5, 0.6) is 0 Å². The van der Waals surface area contributed by atoms with E-state index in [1.807, 2.05) is 19.1 Å². The molecule has 0 fully saturated rings. The van der Waals surface area contributed by atoms with Crippen LogP contribution < -0.4 is 0 Å². The van der Waals surface area contributed by atoms with Crippen LogP contribution in [0.25, 0.3) is 0 Å². The zero-order chi connectivity index (χ0) is 11.3. The van der Waals surface area contributed by atoms with E-state index < -0.39 is 0 Å². The van der Waals surface area contributed by atoms with E-state index in [0.717, 1.165) is 18.4 Å². The molecule has 0 heterocycles. The van der Waals surface area contributed by atoms with E-state index in [0.29, 0.717) is 0 Å². The first kappa shape index (κ1) is 11.8. The second kappa shape index (κ2) is 5.54. The summed E-state index contributed by atoms with van der Waals surface area (Å²) in [6.45, 7) is 4.02. The van der Waals surface area contributed by atoms with Crippen LogP contribution in [0.1, 0.15) is 37.3 Å². The Labute approximate surface area is 91.3 Å². The Kier molecular flexibility index (Phi) is 4.35. The highest BCUT2D eigenvalue weighted by Crippen LogP contribution is 2.17. The van der Waals surface area contributed by atoms with Crippen LogP contribution in [0.2, 0.25) is 0 Å². The third kappa shape index (κ3) is 3.08. The highest BCUT2D eigenvalue weighted by atomic mass is 16.5. The lowest BCUT2D eigenvalue weighted by molar-refractivity contribution is -0.141. The topological polar surface area (TPSA) is 26.3 Å². The van der Waals surface area contributed by atoms with Crippen LogP contribution in [0.4, 0.5) is 0 Å². The van der Waals surface area contributed by atoms with E-state index in [9.17, 15) is 4.79 Å². The number of methoxy groups -OCH3 is 1. The van der Waals surface area contributed by atoms with Crippen molar-refractivity contribution < 1.29 is 9.53 Å². The molecule has 0 N–H and O–H groups in total. The van der Waals surface area contributed by atoms with E-state index in [4.69, 9.17) is 4.74 Å². The Balaban J connectivity index is 2.75. The summed E-state index contributed by atoms with van der Waals surface area (Å²) in [5, 5.41) is 0. The van der Waals surface area contributed by atoms with Gasteiger partial charge in [-0.3, -0.25) is 4.79 Å². The van der Waals surface area contributed by atoms with E-state index in [1.54, 1.807) is 0 Å². The van der Waals surface area contributed by atoms with Gasteiger partial charge in [0.25, 0.3) is 0 Å². The van der Waals surface area contributed by atoms with Crippen LogP contribution in [-0.2, 0) is 16.0 Å². The molecular weight excluding hydrogens is 188 g/mol. The molecule has 0 radical (unpaired) electrons. The summed E-state index contributed by atoms with van der Waals surface area (Å²) in [6.07, 6.45) is 2.23. The molecule has 1 atom stereocenters. The van der Waals surface area contributed by atoms with Gasteiger partial charge < -0.3 is 4.74 Å². The van der Waals surface area contributed by atoms with Crippen molar-refractivity contribution in [3.8, 4) is 0 Å². The summed E-state index contributed by atoms with van der Waals surface area (Å²) in [5.74, 6) is -0.357. The number of carbonyl (C=O) groups is 1. The van der Waals surface area contributed by atoms with Gasteiger partial charge in [-0.25, -0.2) is 0 Å². The van der Waals surface area contributed by atoms with Gasteiger partial charge in [0.1, 0.15) is 0 Å². The first-order valence-corrected chi connectivity index (χ1v) is 5.35. The number of rotatable bonds is 4. The SMILES string of the molecule is CCCc1ccc(C(C)C(=O)OC)cc1. The summed E-state index contributed by atoms with van der Waals surface area (Å²) >= 11 is 0. The number of ether oxygens (including phenoxy) is 1. The second-order valence-electron chi connectivity index (χ2n) is 3.74. The third-order valence-electron chi connectivity index (χ3n) is 2.57. The predicted molar refractivity (Wildman–Crippen MR) is 60.9 cm³/mol. The Hall–Kier alpha value is -1.31.